The predicted molar refractivity (Wildman–Crippen MR) is 76.0 cm³/mol. The summed E-state index contributed by atoms with van der Waals surface area (Å²) in [5, 5.41) is 10.4. The maximum Gasteiger partial charge on any atom is 0.119 e. The van der Waals surface area contributed by atoms with Crippen LogP contribution in [-0.2, 0) is 0 Å². The molecular weight excluding hydrogens is 232 g/mol. The second kappa shape index (κ2) is 3.56. The molecule has 1 aromatic carbocycles. The predicted octanol–water partition coefficient (Wildman–Crippen LogP) is 4.90. The van der Waals surface area contributed by atoms with Crippen LogP contribution in [0.15, 0.2) is 6.07 Å². The number of fused-ring (bicyclic) bond motifs is 9. The fourth-order valence-corrected chi connectivity index (χ4v) is 5.73. The summed E-state index contributed by atoms with van der Waals surface area (Å²) in [4.78, 5) is 0. The molecule has 4 atom stereocenters. The Bertz CT molecular complexity index is 559. The molecule has 1 heteroatoms. The minimum Gasteiger partial charge on any atom is -0.508 e. The molecule has 4 aliphatic carbocycles. The first-order valence-electron chi connectivity index (χ1n) is 8.26. The second-order valence-corrected chi connectivity index (χ2v) is 7.22. The molecule has 4 unspecified atom stereocenters. The molecule has 19 heavy (non-hydrogen) atoms. The van der Waals surface area contributed by atoms with Gasteiger partial charge in [-0.2, -0.15) is 0 Å². The monoisotopic (exact) mass is 254 g/mol. The highest BCUT2D eigenvalue weighted by Gasteiger charge is 2.50. The third kappa shape index (κ3) is 1.18. The second-order valence-electron chi connectivity index (χ2n) is 7.22. The van der Waals surface area contributed by atoms with Crippen molar-refractivity contribution in [2.45, 2.75) is 75.0 Å². The summed E-state index contributed by atoms with van der Waals surface area (Å²) in [6.07, 6.45) is 11.1. The van der Waals surface area contributed by atoms with Gasteiger partial charge in [0.15, 0.2) is 0 Å². The van der Waals surface area contributed by atoms with Crippen molar-refractivity contribution in [1.82, 2.24) is 0 Å². The van der Waals surface area contributed by atoms with Gasteiger partial charge < -0.3 is 5.11 Å². The lowest BCUT2D eigenvalue weighted by Crippen LogP contribution is -2.36. The molecule has 1 N–H and O–H groups in total. The Kier molecular flexibility index (Phi) is 2.02. The molecular formula is C18H22O. The number of phenolic OH excluding ortho intramolecular Hbond substituents is 1. The van der Waals surface area contributed by atoms with Gasteiger partial charge >= 0.3 is 0 Å². The van der Waals surface area contributed by atoms with Gasteiger partial charge in [0.2, 0.25) is 0 Å². The van der Waals surface area contributed by atoms with Crippen LogP contribution in [0.5, 0.6) is 5.75 Å². The Morgan fingerprint density at radius 3 is 1.89 bits per heavy atom. The quantitative estimate of drug-likeness (QED) is 0.698. The molecule has 5 rings (SSSR count). The standard InChI is InChI=1S/C18H22O/c19-15-9-14-10-5-1-2-6-11(10)16(14)18-13-8-4-3-7-12(13)17(15)18/h9-13,19H,1-8H2. The van der Waals surface area contributed by atoms with Crippen LogP contribution in [0.1, 0.15) is 97.3 Å². The Morgan fingerprint density at radius 1 is 0.684 bits per heavy atom. The van der Waals surface area contributed by atoms with E-state index in [2.05, 4.69) is 6.07 Å². The number of phenols is 1. The zero-order chi connectivity index (χ0) is 12.6. The van der Waals surface area contributed by atoms with Gasteiger partial charge in [0.05, 0.1) is 0 Å². The third-order valence-corrected chi connectivity index (χ3v) is 6.50. The third-order valence-electron chi connectivity index (χ3n) is 6.50. The molecule has 2 fully saturated rings. The van der Waals surface area contributed by atoms with Gasteiger partial charge in [0, 0.05) is 5.56 Å². The van der Waals surface area contributed by atoms with Crippen LogP contribution in [-0.4, -0.2) is 5.11 Å². The molecule has 1 aromatic rings. The zero-order valence-corrected chi connectivity index (χ0v) is 11.5. The van der Waals surface area contributed by atoms with Crippen molar-refractivity contribution in [2.24, 2.45) is 0 Å². The average Bonchev–Trinajstić information content (AvgIpc) is 2.42. The van der Waals surface area contributed by atoms with E-state index < -0.39 is 0 Å². The van der Waals surface area contributed by atoms with Crippen LogP contribution in [0, 0.1) is 0 Å². The molecule has 2 saturated carbocycles. The summed E-state index contributed by atoms with van der Waals surface area (Å²) >= 11 is 0. The van der Waals surface area contributed by atoms with Gasteiger partial charge in [-0.05, 0) is 72.1 Å². The van der Waals surface area contributed by atoms with E-state index in [4.69, 9.17) is 0 Å². The highest BCUT2D eigenvalue weighted by atomic mass is 16.3. The molecule has 0 aromatic heterocycles. The number of rotatable bonds is 0. The largest absolute Gasteiger partial charge is 0.508 e. The summed E-state index contributed by atoms with van der Waals surface area (Å²) < 4.78 is 0. The van der Waals surface area contributed by atoms with Crippen molar-refractivity contribution in [3.05, 3.63) is 28.3 Å². The van der Waals surface area contributed by atoms with E-state index in [0.29, 0.717) is 11.7 Å². The maximum atomic E-state index is 10.4. The normalized spacial score (nSPS) is 38.1. The highest BCUT2D eigenvalue weighted by Crippen LogP contribution is 2.66. The number of aromatic hydroxyl groups is 1. The Balaban J connectivity index is 1.67. The molecule has 0 spiro atoms. The lowest BCUT2D eigenvalue weighted by Gasteiger charge is -2.52. The summed E-state index contributed by atoms with van der Waals surface area (Å²) in [5.41, 5.74) is 6.24. The first kappa shape index (κ1) is 10.8. The minimum absolute atomic E-state index is 0.640. The van der Waals surface area contributed by atoms with Crippen molar-refractivity contribution in [2.75, 3.05) is 0 Å². The van der Waals surface area contributed by atoms with Crippen molar-refractivity contribution in [3.63, 3.8) is 0 Å². The Morgan fingerprint density at radius 2 is 1.21 bits per heavy atom. The van der Waals surface area contributed by atoms with Gasteiger partial charge in [-0.3, -0.25) is 0 Å². The first-order valence-corrected chi connectivity index (χ1v) is 8.26. The fraction of sp³-hybridized carbons (Fsp3) is 0.667. The molecule has 0 aliphatic heterocycles. The van der Waals surface area contributed by atoms with Gasteiger partial charge in [-0.15, -0.1) is 0 Å². The van der Waals surface area contributed by atoms with Gasteiger partial charge in [-0.1, -0.05) is 25.7 Å². The molecule has 100 valence electrons. The molecule has 4 aliphatic rings. The smallest absolute Gasteiger partial charge is 0.119 e. The van der Waals surface area contributed by atoms with E-state index in [9.17, 15) is 5.11 Å². The summed E-state index contributed by atoms with van der Waals surface area (Å²) in [6, 6.07) is 2.14. The van der Waals surface area contributed by atoms with Crippen LogP contribution in [0.25, 0.3) is 0 Å². The van der Waals surface area contributed by atoms with Crippen molar-refractivity contribution >= 4 is 0 Å². The number of benzene rings is 1. The summed E-state index contributed by atoms with van der Waals surface area (Å²) in [5.74, 6) is 3.81. The van der Waals surface area contributed by atoms with E-state index in [1.165, 1.54) is 62.5 Å². The fourth-order valence-electron chi connectivity index (χ4n) is 5.73. The SMILES string of the molecule is Oc1cc2c(c3c1C1CCCCC31)C1CCCCC21. The number of hydrogen-bond donors (Lipinski definition) is 1. The van der Waals surface area contributed by atoms with Crippen LogP contribution in [0.4, 0.5) is 0 Å². The maximum absolute atomic E-state index is 10.4. The Labute approximate surface area is 115 Å². The highest BCUT2D eigenvalue weighted by molar-refractivity contribution is 5.65. The zero-order valence-electron chi connectivity index (χ0n) is 11.5. The Hall–Kier alpha value is -0.980. The molecule has 0 amide bonds. The molecule has 0 bridgehead atoms. The minimum atomic E-state index is 0.640. The first-order chi connectivity index (χ1) is 9.36. The van der Waals surface area contributed by atoms with Crippen molar-refractivity contribution in [3.8, 4) is 5.75 Å². The molecule has 0 radical (unpaired) electrons. The van der Waals surface area contributed by atoms with Crippen LogP contribution < -0.4 is 0 Å². The van der Waals surface area contributed by atoms with E-state index >= 15 is 0 Å². The van der Waals surface area contributed by atoms with Gasteiger partial charge in [-0.25, -0.2) is 0 Å². The van der Waals surface area contributed by atoms with Gasteiger partial charge in [0.25, 0.3) is 0 Å². The topological polar surface area (TPSA) is 20.2 Å². The lowest BCUT2D eigenvalue weighted by atomic mass is 9.51. The molecule has 0 saturated heterocycles. The van der Waals surface area contributed by atoms with Gasteiger partial charge in [0.1, 0.15) is 5.75 Å². The van der Waals surface area contributed by atoms with Crippen LogP contribution >= 0.6 is 0 Å². The van der Waals surface area contributed by atoms with E-state index in [0.717, 1.165) is 17.8 Å². The van der Waals surface area contributed by atoms with Crippen molar-refractivity contribution < 1.29 is 5.11 Å². The van der Waals surface area contributed by atoms with E-state index in [1.807, 2.05) is 0 Å². The van der Waals surface area contributed by atoms with Crippen molar-refractivity contribution in [1.29, 1.82) is 0 Å². The van der Waals surface area contributed by atoms with Crippen LogP contribution in [0.2, 0.25) is 0 Å². The number of hydrogen-bond acceptors (Lipinski definition) is 1. The average molecular weight is 254 g/mol. The molecule has 1 nitrogen and oxygen atoms in total. The van der Waals surface area contributed by atoms with E-state index in [1.54, 1.807) is 11.1 Å². The molecule has 0 heterocycles. The van der Waals surface area contributed by atoms with E-state index in [-0.39, 0.29) is 0 Å². The summed E-state index contributed by atoms with van der Waals surface area (Å²) in [6.45, 7) is 0. The summed E-state index contributed by atoms with van der Waals surface area (Å²) in [7, 11) is 0. The van der Waals surface area contributed by atoms with Crippen LogP contribution in [0.3, 0.4) is 0 Å². The lowest BCUT2D eigenvalue weighted by molar-refractivity contribution is 0.291.